The number of halogens is 1. The summed E-state index contributed by atoms with van der Waals surface area (Å²) in [5.41, 5.74) is 3.28. The molecule has 2 amide bonds. The minimum atomic E-state index is -3.48. The fraction of sp³-hybridized carbons (Fsp3) is 0.436. The molecule has 2 aliphatic heterocycles. The van der Waals surface area contributed by atoms with Crippen LogP contribution in [0.2, 0.25) is 5.02 Å². The number of fused-ring (bicyclic) bond motifs is 3. The van der Waals surface area contributed by atoms with Crippen LogP contribution >= 0.6 is 11.6 Å². The molecule has 266 valence electrons. The van der Waals surface area contributed by atoms with Crippen LogP contribution in [0.4, 0.5) is 5.69 Å². The van der Waals surface area contributed by atoms with Gasteiger partial charge in [-0.3, -0.25) is 14.3 Å². The zero-order chi connectivity index (χ0) is 35.3. The summed E-state index contributed by atoms with van der Waals surface area (Å²) >= 11 is 6.44. The van der Waals surface area contributed by atoms with E-state index in [4.69, 9.17) is 25.8 Å². The molecular formula is C39H46ClN3O6S. The first-order valence-corrected chi connectivity index (χ1v) is 19.4. The van der Waals surface area contributed by atoms with E-state index in [1.165, 1.54) is 11.1 Å². The number of rotatable bonds is 5. The molecule has 11 heteroatoms. The monoisotopic (exact) mass is 719 g/mol. The quantitative estimate of drug-likeness (QED) is 0.279. The average molecular weight is 720 g/mol. The number of anilines is 1. The zero-order valence-corrected chi connectivity index (χ0v) is 30.5. The molecule has 9 nitrogen and oxygen atoms in total. The van der Waals surface area contributed by atoms with E-state index >= 15 is 0 Å². The molecule has 3 aliphatic rings. The Morgan fingerprint density at radius 3 is 2.74 bits per heavy atom. The molecule has 0 aromatic heterocycles. The molecule has 2 bridgehead atoms. The normalized spacial score (nSPS) is 27.6. The first-order valence-electron chi connectivity index (χ1n) is 17.4. The lowest BCUT2D eigenvalue weighted by Gasteiger charge is -2.42. The van der Waals surface area contributed by atoms with E-state index in [1.54, 1.807) is 43.5 Å². The van der Waals surface area contributed by atoms with Crippen LogP contribution in [0.1, 0.15) is 61.0 Å². The molecule has 6 rings (SSSR count). The minimum absolute atomic E-state index is 0.00408. The molecule has 3 aromatic carbocycles. The maximum Gasteiger partial charge on any atom is 0.286 e. The Morgan fingerprint density at radius 2 is 1.94 bits per heavy atom. The van der Waals surface area contributed by atoms with Crippen molar-refractivity contribution < 1.29 is 28.0 Å². The van der Waals surface area contributed by atoms with E-state index in [9.17, 15) is 13.8 Å². The Labute approximate surface area is 300 Å². The number of carbonyl (C=O) groups excluding carboxylic acids is 2. The molecule has 2 heterocycles. The molecule has 1 aliphatic carbocycles. The standard InChI is InChI=1S/C39H46ClN3O6S/c1-27-23-43-25-39(19-10-11-29-21-31(40)16-17-33(29)39)26-49-36-18-15-30(22-34(36)43)38(45)42-50(46,20-9-5-8-14-35(47-3)28(27)2)41-37(44)24-48-32-12-6-4-7-13-32/h4,6-8,12-18,21-22,27-28,35H,5,9-11,19-20,23-26H2,1-3H3,(H,41,42,44,45,46)/b14-8+/t27-,28+,35-,39-,50?/m0/s1. The number of ether oxygens (including phenoxy) is 3. The molecule has 1 unspecified atom stereocenters. The van der Waals surface area contributed by atoms with Crippen molar-refractivity contribution in [2.75, 3.05) is 44.1 Å². The summed E-state index contributed by atoms with van der Waals surface area (Å²) < 4.78 is 39.0. The molecule has 1 spiro atoms. The van der Waals surface area contributed by atoms with Crippen molar-refractivity contribution in [3.63, 3.8) is 0 Å². The van der Waals surface area contributed by atoms with Crippen LogP contribution in [0.3, 0.4) is 0 Å². The van der Waals surface area contributed by atoms with Crippen molar-refractivity contribution in [1.82, 2.24) is 4.72 Å². The van der Waals surface area contributed by atoms with Crippen molar-refractivity contribution in [3.8, 4) is 11.5 Å². The minimum Gasteiger partial charge on any atom is -0.490 e. The second-order valence-electron chi connectivity index (χ2n) is 13.8. The highest BCUT2D eigenvalue weighted by molar-refractivity contribution is 7.92. The summed E-state index contributed by atoms with van der Waals surface area (Å²) in [6.45, 7) is 5.94. The van der Waals surface area contributed by atoms with Gasteiger partial charge in [0.2, 0.25) is 0 Å². The largest absolute Gasteiger partial charge is 0.490 e. The molecule has 0 fully saturated rings. The smallest absolute Gasteiger partial charge is 0.286 e. The Morgan fingerprint density at radius 1 is 1.12 bits per heavy atom. The van der Waals surface area contributed by atoms with Gasteiger partial charge in [-0.1, -0.05) is 61.9 Å². The van der Waals surface area contributed by atoms with E-state index in [0.717, 1.165) is 30.0 Å². The lowest BCUT2D eigenvalue weighted by Crippen LogP contribution is -2.47. The molecule has 50 heavy (non-hydrogen) atoms. The van der Waals surface area contributed by atoms with Gasteiger partial charge in [-0.25, -0.2) is 4.21 Å². The third-order valence-electron chi connectivity index (χ3n) is 10.2. The topological polar surface area (TPSA) is 107 Å². The highest BCUT2D eigenvalue weighted by atomic mass is 35.5. The van der Waals surface area contributed by atoms with Crippen molar-refractivity contribution >= 4 is 39.0 Å². The Hall–Kier alpha value is -3.86. The van der Waals surface area contributed by atoms with E-state index in [2.05, 4.69) is 46.0 Å². The summed E-state index contributed by atoms with van der Waals surface area (Å²) in [5.74, 6) is 0.268. The molecule has 1 N–H and O–H groups in total. The second-order valence-corrected chi connectivity index (χ2v) is 16.3. The number of aryl methyl sites for hydroxylation is 1. The summed E-state index contributed by atoms with van der Waals surface area (Å²) in [5, 5.41) is 0.730. The number of hydrogen-bond donors (Lipinski definition) is 1. The van der Waals surface area contributed by atoms with Crippen LogP contribution in [0, 0.1) is 11.8 Å². The molecular weight excluding hydrogens is 674 g/mol. The van der Waals surface area contributed by atoms with Crippen LogP contribution in [-0.4, -0.2) is 61.3 Å². The lowest BCUT2D eigenvalue weighted by molar-refractivity contribution is -0.121. The SMILES string of the molecule is CO[C@H]1/C=C/CCCS(=O)(NC(=O)COc2ccccc2)=NC(=O)c2ccc3c(c2)N(C[C@H](C)[C@H]1C)C[C@@]1(CCCc2cc(Cl)ccc21)CO3. The van der Waals surface area contributed by atoms with E-state index in [0.29, 0.717) is 44.0 Å². The lowest BCUT2D eigenvalue weighted by atomic mass is 9.70. The predicted molar refractivity (Wildman–Crippen MR) is 198 cm³/mol. The highest BCUT2D eigenvalue weighted by Crippen LogP contribution is 2.45. The number of allylic oxidation sites excluding steroid dienone is 1. The molecule has 0 saturated carbocycles. The van der Waals surface area contributed by atoms with Gasteiger partial charge in [0, 0.05) is 36.2 Å². The van der Waals surface area contributed by atoms with Crippen LogP contribution in [0.5, 0.6) is 11.5 Å². The number of hydrogen-bond acceptors (Lipinski definition) is 7. The molecule has 5 atom stereocenters. The van der Waals surface area contributed by atoms with E-state index in [-0.39, 0.29) is 41.3 Å². The second kappa shape index (κ2) is 15.6. The van der Waals surface area contributed by atoms with E-state index in [1.807, 2.05) is 24.3 Å². The Kier molecular flexibility index (Phi) is 11.2. The summed E-state index contributed by atoms with van der Waals surface area (Å²) in [7, 11) is -1.76. The fourth-order valence-corrected chi connectivity index (χ4v) is 9.14. The maximum atomic E-state index is 14.2. The third-order valence-corrected chi connectivity index (χ3v) is 12.3. The van der Waals surface area contributed by atoms with Gasteiger partial charge in [0.1, 0.15) is 21.4 Å². The van der Waals surface area contributed by atoms with Crippen LogP contribution in [-0.2, 0) is 31.3 Å². The zero-order valence-electron chi connectivity index (χ0n) is 28.9. The Balaban J connectivity index is 1.37. The third kappa shape index (κ3) is 8.19. The van der Waals surface area contributed by atoms with Crippen molar-refractivity contribution in [1.29, 1.82) is 0 Å². The van der Waals surface area contributed by atoms with Crippen LogP contribution in [0.25, 0.3) is 0 Å². The van der Waals surface area contributed by atoms with Gasteiger partial charge in [0.15, 0.2) is 6.61 Å². The molecule has 3 aromatic rings. The van der Waals surface area contributed by atoms with Crippen molar-refractivity contribution in [2.24, 2.45) is 16.2 Å². The number of methoxy groups -OCH3 is 1. The summed E-state index contributed by atoms with van der Waals surface area (Å²) in [6, 6.07) is 20.3. The van der Waals surface area contributed by atoms with Gasteiger partial charge in [0.25, 0.3) is 11.8 Å². The van der Waals surface area contributed by atoms with Crippen molar-refractivity contribution in [3.05, 3.63) is 101 Å². The van der Waals surface area contributed by atoms with E-state index < -0.39 is 21.7 Å². The predicted octanol–water partition coefficient (Wildman–Crippen LogP) is 7.17. The van der Waals surface area contributed by atoms with Gasteiger partial charge in [-0.15, -0.1) is 4.36 Å². The number of benzene rings is 3. The Bertz CT molecular complexity index is 1860. The van der Waals surface area contributed by atoms with Gasteiger partial charge >= 0.3 is 0 Å². The first kappa shape index (κ1) is 35.9. The number of amides is 2. The molecule has 0 radical (unpaired) electrons. The van der Waals surface area contributed by atoms with Crippen LogP contribution in [0.15, 0.2) is 83.2 Å². The number of nitrogens with one attached hydrogen (secondary N) is 1. The number of carbonyl (C=O) groups is 2. The van der Waals surface area contributed by atoms with Gasteiger partial charge in [-0.2, -0.15) is 0 Å². The van der Waals surface area contributed by atoms with Crippen LogP contribution < -0.4 is 19.1 Å². The van der Waals surface area contributed by atoms with Gasteiger partial charge in [-0.05, 0) is 97.5 Å². The molecule has 0 saturated heterocycles. The fourth-order valence-electron chi connectivity index (χ4n) is 7.36. The van der Waals surface area contributed by atoms with Gasteiger partial charge in [0.05, 0.1) is 24.2 Å². The highest BCUT2D eigenvalue weighted by Gasteiger charge is 2.42. The number of nitrogens with zero attached hydrogens (tertiary/aromatic N) is 2. The number of para-hydroxylation sites is 1. The summed E-state index contributed by atoms with van der Waals surface area (Å²) in [6.07, 6.45) is 7.89. The van der Waals surface area contributed by atoms with Crippen molar-refractivity contribution in [2.45, 2.75) is 57.5 Å². The summed E-state index contributed by atoms with van der Waals surface area (Å²) in [4.78, 5) is 29.1. The van der Waals surface area contributed by atoms with Gasteiger partial charge < -0.3 is 19.1 Å². The first-order chi connectivity index (χ1) is 24.1. The average Bonchev–Trinajstić information content (AvgIpc) is 3.25. The maximum absolute atomic E-state index is 14.2.